The minimum Gasteiger partial charge on any atom is -0.314 e. The molecule has 18 heavy (non-hydrogen) atoms. The van der Waals surface area contributed by atoms with Crippen LogP contribution < -0.4 is 5.32 Å². The molecule has 0 aliphatic rings. The Kier molecular flexibility index (Phi) is 5.23. The monoisotopic (exact) mass is 271 g/mol. The minimum atomic E-state index is 0.174. The second-order valence-electron chi connectivity index (χ2n) is 6.04. The summed E-state index contributed by atoms with van der Waals surface area (Å²) in [6.45, 7) is 14.8. The molecule has 1 aromatic heterocycles. The number of halogens is 1. The number of hydrogen-bond donors (Lipinski definition) is 1. The zero-order valence-electron chi connectivity index (χ0n) is 12.5. The summed E-state index contributed by atoms with van der Waals surface area (Å²) in [6, 6.07) is 0.512. The zero-order valence-corrected chi connectivity index (χ0v) is 13.2. The van der Waals surface area contributed by atoms with Crippen LogP contribution in [0, 0.1) is 12.3 Å². The molecule has 0 atom stereocenters. The van der Waals surface area contributed by atoms with Gasteiger partial charge in [-0.25, -0.2) is 0 Å². The molecule has 0 aliphatic carbocycles. The molecule has 3 nitrogen and oxygen atoms in total. The van der Waals surface area contributed by atoms with E-state index in [9.17, 15) is 0 Å². The van der Waals surface area contributed by atoms with E-state index in [4.69, 9.17) is 11.6 Å². The van der Waals surface area contributed by atoms with Gasteiger partial charge >= 0.3 is 0 Å². The quantitative estimate of drug-likeness (QED) is 0.859. The van der Waals surface area contributed by atoms with E-state index in [1.54, 1.807) is 0 Å². The Labute approximate surface area is 116 Å². The molecule has 0 saturated carbocycles. The largest absolute Gasteiger partial charge is 0.314 e. The molecular weight excluding hydrogens is 246 g/mol. The maximum atomic E-state index is 6.36. The van der Waals surface area contributed by atoms with E-state index in [-0.39, 0.29) is 5.41 Å². The van der Waals surface area contributed by atoms with Crippen LogP contribution in [0.5, 0.6) is 0 Å². The number of aromatic nitrogens is 2. The van der Waals surface area contributed by atoms with E-state index in [1.807, 2.05) is 11.6 Å². The summed E-state index contributed by atoms with van der Waals surface area (Å²) in [5.74, 6) is 0. The normalized spacial score (nSPS) is 12.4. The van der Waals surface area contributed by atoms with Crippen molar-refractivity contribution in [1.29, 1.82) is 0 Å². The highest BCUT2D eigenvalue weighted by molar-refractivity contribution is 6.31. The van der Waals surface area contributed by atoms with Crippen LogP contribution in [-0.4, -0.2) is 22.4 Å². The highest BCUT2D eigenvalue weighted by atomic mass is 35.5. The maximum absolute atomic E-state index is 6.36. The second-order valence-corrected chi connectivity index (χ2v) is 6.42. The van der Waals surface area contributed by atoms with Gasteiger partial charge in [-0.05, 0) is 25.7 Å². The van der Waals surface area contributed by atoms with E-state index in [1.165, 1.54) is 0 Å². The predicted octanol–water partition coefficient (Wildman–Crippen LogP) is 3.43. The molecular formula is C14H26ClN3. The lowest BCUT2D eigenvalue weighted by Gasteiger charge is -2.26. The number of nitrogens with zero attached hydrogens (tertiary/aromatic N) is 2. The van der Waals surface area contributed by atoms with E-state index in [0.29, 0.717) is 6.04 Å². The molecule has 104 valence electrons. The average Bonchev–Trinajstić information content (AvgIpc) is 2.54. The van der Waals surface area contributed by atoms with Gasteiger partial charge in [-0.1, -0.05) is 39.3 Å². The van der Waals surface area contributed by atoms with Gasteiger partial charge in [0.25, 0.3) is 0 Å². The molecule has 0 unspecified atom stereocenters. The molecule has 0 saturated heterocycles. The van der Waals surface area contributed by atoms with Crippen LogP contribution in [-0.2, 0) is 13.0 Å². The fourth-order valence-corrected chi connectivity index (χ4v) is 2.24. The first-order chi connectivity index (χ1) is 8.26. The SMILES string of the molecule is CCn1nc(C)c(Cl)c1CC(C)(C)CNC(C)C. The van der Waals surface area contributed by atoms with Crippen molar-refractivity contribution in [3.8, 4) is 0 Å². The third kappa shape index (κ3) is 3.99. The molecule has 0 radical (unpaired) electrons. The van der Waals surface area contributed by atoms with Crippen molar-refractivity contribution >= 4 is 11.6 Å². The van der Waals surface area contributed by atoms with Gasteiger partial charge in [0.2, 0.25) is 0 Å². The van der Waals surface area contributed by atoms with Gasteiger partial charge in [0.1, 0.15) is 0 Å². The van der Waals surface area contributed by atoms with Gasteiger partial charge < -0.3 is 5.32 Å². The Bertz CT molecular complexity index is 394. The maximum Gasteiger partial charge on any atom is 0.0847 e. The van der Waals surface area contributed by atoms with Crippen LogP contribution in [0.15, 0.2) is 0 Å². The molecule has 0 spiro atoms. The molecule has 0 amide bonds. The van der Waals surface area contributed by atoms with Crippen molar-refractivity contribution in [3.05, 3.63) is 16.4 Å². The van der Waals surface area contributed by atoms with Crippen LogP contribution in [0.1, 0.15) is 46.0 Å². The summed E-state index contributed by atoms with van der Waals surface area (Å²) in [6.07, 6.45) is 0.945. The molecule has 4 heteroatoms. The molecule has 1 rings (SSSR count). The summed E-state index contributed by atoms with van der Waals surface area (Å²) in [7, 11) is 0. The topological polar surface area (TPSA) is 29.9 Å². The van der Waals surface area contributed by atoms with Crippen molar-refractivity contribution in [2.24, 2.45) is 5.41 Å². The van der Waals surface area contributed by atoms with Gasteiger partial charge in [-0.2, -0.15) is 5.10 Å². The Hall–Kier alpha value is -0.540. The second kappa shape index (κ2) is 6.07. The Morgan fingerprint density at radius 3 is 2.50 bits per heavy atom. The van der Waals surface area contributed by atoms with Gasteiger partial charge in [0.15, 0.2) is 0 Å². The highest BCUT2D eigenvalue weighted by Crippen LogP contribution is 2.28. The van der Waals surface area contributed by atoms with Gasteiger partial charge in [0.05, 0.1) is 16.4 Å². The molecule has 0 bridgehead atoms. The Morgan fingerprint density at radius 2 is 2.00 bits per heavy atom. The van der Waals surface area contributed by atoms with Crippen molar-refractivity contribution in [1.82, 2.24) is 15.1 Å². The number of rotatable bonds is 6. The first-order valence-corrected chi connectivity index (χ1v) is 7.10. The van der Waals surface area contributed by atoms with E-state index in [0.717, 1.165) is 35.9 Å². The van der Waals surface area contributed by atoms with Gasteiger partial charge in [-0.3, -0.25) is 4.68 Å². The summed E-state index contributed by atoms with van der Waals surface area (Å²) in [4.78, 5) is 0. The lowest BCUT2D eigenvalue weighted by Crippen LogP contribution is -2.35. The van der Waals surface area contributed by atoms with Crippen molar-refractivity contribution < 1.29 is 0 Å². The van der Waals surface area contributed by atoms with Crippen LogP contribution in [0.3, 0.4) is 0 Å². The van der Waals surface area contributed by atoms with Crippen LogP contribution in [0.25, 0.3) is 0 Å². The molecule has 1 heterocycles. The van der Waals surface area contributed by atoms with Gasteiger partial charge in [0, 0.05) is 19.1 Å². The molecule has 0 fully saturated rings. The summed E-state index contributed by atoms with van der Waals surface area (Å²) < 4.78 is 2.02. The fourth-order valence-electron chi connectivity index (χ4n) is 2.03. The Balaban J connectivity index is 2.82. The van der Waals surface area contributed by atoms with Crippen molar-refractivity contribution in [2.45, 2.75) is 60.5 Å². The molecule has 0 aliphatic heterocycles. The van der Waals surface area contributed by atoms with E-state index in [2.05, 4.69) is 45.0 Å². The van der Waals surface area contributed by atoms with Crippen molar-refractivity contribution in [2.75, 3.05) is 6.54 Å². The molecule has 1 aromatic rings. The first-order valence-electron chi connectivity index (χ1n) is 6.72. The number of nitrogens with one attached hydrogen (secondary N) is 1. The van der Waals surface area contributed by atoms with Crippen LogP contribution in [0.4, 0.5) is 0 Å². The summed E-state index contributed by atoms with van der Waals surface area (Å²) in [5.41, 5.74) is 2.26. The highest BCUT2D eigenvalue weighted by Gasteiger charge is 2.23. The lowest BCUT2D eigenvalue weighted by molar-refractivity contribution is 0.317. The van der Waals surface area contributed by atoms with Crippen molar-refractivity contribution in [3.63, 3.8) is 0 Å². The third-order valence-electron chi connectivity index (χ3n) is 3.09. The standard InChI is InChI=1S/C14H26ClN3/c1-7-18-12(13(15)11(4)17-18)8-14(5,6)9-16-10(2)3/h10,16H,7-9H2,1-6H3. The van der Waals surface area contributed by atoms with E-state index < -0.39 is 0 Å². The Morgan fingerprint density at radius 1 is 1.39 bits per heavy atom. The lowest BCUT2D eigenvalue weighted by atomic mass is 9.87. The van der Waals surface area contributed by atoms with E-state index >= 15 is 0 Å². The number of hydrogen-bond acceptors (Lipinski definition) is 2. The molecule has 1 N–H and O–H groups in total. The third-order valence-corrected chi connectivity index (χ3v) is 3.58. The molecule has 0 aromatic carbocycles. The minimum absolute atomic E-state index is 0.174. The zero-order chi connectivity index (χ0) is 13.9. The van der Waals surface area contributed by atoms with Crippen LogP contribution >= 0.6 is 11.6 Å². The average molecular weight is 272 g/mol. The summed E-state index contributed by atoms with van der Waals surface area (Å²) in [5, 5.41) is 8.80. The number of aryl methyl sites for hydroxylation is 2. The van der Waals surface area contributed by atoms with Crippen LogP contribution in [0.2, 0.25) is 5.02 Å². The predicted molar refractivity (Wildman–Crippen MR) is 78.3 cm³/mol. The first kappa shape index (κ1) is 15.5. The fraction of sp³-hybridized carbons (Fsp3) is 0.786. The smallest absolute Gasteiger partial charge is 0.0847 e. The summed E-state index contributed by atoms with van der Waals surface area (Å²) >= 11 is 6.36. The van der Waals surface area contributed by atoms with Gasteiger partial charge in [-0.15, -0.1) is 0 Å².